The highest BCUT2D eigenvalue weighted by molar-refractivity contribution is 8.04. The second-order valence-corrected chi connectivity index (χ2v) is 14.0. The van der Waals surface area contributed by atoms with Crippen LogP contribution in [0, 0.1) is 57.0 Å². The number of esters is 1. The summed E-state index contributed by atoms with van der Waals surface area (Å²) in [6.07, 6.45) is 14.9. The van der Waals surface area contributed by atoms with Gasteiger partial charge in [0.05, 0.1) is 0 Å². The normalized spacial score (nSPS) is 42.1. The number of hydrogen-bond donors (Lipinski definition) is 0. The Balaban J connectivity index is 1.58. The van der Waals surface area contributed by atoms with E-state index in [0.717, 1.165) is 42.9 Å². The molecular formula is C30H47NO2S. The second kappa shape index (κ2) is 10.2. The Morgan fingerprint density at radius 3 is 2.59 bits per heavy atom. The Labute approximate surface area is 212 Å². The van der Waals surface area contributed by atoms with E-state index in [1.165, 1.54) is 69.2 Å². The highest BCUT2D eigenvalue weighted by Crippen LogP contribution is 2.68. The molecule has 0 heterocycles. The highest BCUT2D eigenvalue weighted by Gasteiger charge is 2.61. The van der Waals surface area contributed by atoms with Gasteiger partial charge in [0.2, 0.25) is 0 Å². The number of ether oxygens (including phenoxy) is 1. The van der Waals surface area contributed by atoms with Crippen LogP contribution in [-0.4, -0.2) is 17.3 Å². The molecule has 4 aliphatic carbocycles. The standard InChI is InChI=1S/C30H47NO2S/c1-19(2)8-7-9-20(3)24-10-11-25-28-26(13-15-30(24,25)6)29(5)14-12-23(33-21(4)32)16-22(29)17-27(28)34-18-31/h17,19-20,23-28H,7-16H2,1-6H3. The van der Waals surface area contributed by atoms with Crippen LogP contribution in [0.3, 0.4) is 0 Å². The van der Waals surface area contributed by atoms with E-state index in [-0.39, 0.29) is 22.7 Å². The van der Waals surface area contributed by atoms with Gasteiger partial charge in [0.1, 0.15) is 11.5 Å². The SMILES string of the molecule is CC(=O)OC1CCC2(C)C(=CC(SC#N)C3C2CCC2(C)C(C(C)CCCC(C)C)CCC32)C1. The van der Waals surface area contributed by atoms with Gasteiger partial charge in [-0.05, 0) is 96.6 Å². The summed E-state index contributed by atoms with van der Waals surface area (Å²) in [5.74, 6) is 4.26. The molecule has 0 bridgehead atoms. The van der Waals surface area contributed by atoms with Crippen molar-refractivity contribution in [3.05, 3.63) is 11.6 Å². The van der Waals surface area contributed by atoms with Crippen molar-refractivity contribution in [1.82, 2.24) is 0 Å². The van der Waals surface area contributed by atoms with Crippen molar-refractivity contribution >= 4 is 17.7 Å². The van der Waals surface area contributed by atoms with Crippen molar-refractivity contribution < 1.29 is 9.53 Å². The minimum atomic E-state index is -0.168. The topological polar surface area (TPSA) is 50.1 Å². The molecule has 3 nitrogen and oxygen atoms in total. The zero-order valence-electron chi connectivity index (χ0n) is 22.4. The third-order valence-corrected chi connectivity index (χ3v) is 11.6. The lowest BCUT2D eigenvalue weighted by molar-refractivity contribution is -0.148. The number of thioether (sulfide) groups is 1. The number of carbonyl (C=O) groups is 1. The van der Waals surface area contributed by atoms with Crippen LogP contribution < -0.4 is 0 Å². The van der Waals surface area contributed by atoms with Crippen LogP contribution in [-0.2, 0) is 9.53 Å². The largest absolute Gasteiger partial charge is 0.462 e. The first-order chi connectivity index (χ1) is 16.1. The van der Waals surface area contributed by atoms with Gasteiger partial charge in [0.15, 0.2) is 0 Å². The van der Waals surface area contributed by atoms with Gasteiger partial charge < -0.3 is 4.74 Å². The lowest BCUT2D eigenvalue weighted by Crippen LogP contribution is -2.54. The fraction of sp³-hybridized carbons (Fsp3) is 0.867. The number of nitrogens with zero attached hydrogens (tertiary/aromatic N) is 1. The quantitative estimate of drug-likeness (QED) is 0.207. The molecule has 34 heavy (non-hydrogen) atoms. The molecule has 3 saturated carbocycles. The molecule has 4 aliphatic rings. The van der Waals surface area contributed by atoms with E-state index in [9.17, 15) is 10.1 Å². The van der Waals surface area contributed by atoms with Gasteiger partial charge in [-0.2, -0.15) is 5.26 Å². The number of thiocyanates is 1. The van der Waals surface area contributed by atoms with Crippen LogP contribution in [0.5, 0.6) is 0 Å². The molecule has 0 N–H and O–H groups in total. The number of hydrogen-bond acceptors (Lipinski definition) is 4. The predicted octanol–water partition coefficient (Wildman–Crippen LogP) is 8.15. The third kappa shape index (κ3) is 4.72. The van der Waals surface area contributed by atoms with E-state index >= 15 is 0 Å². The molecule has 0 aliphatic heterocycles. The minimum Gasteiger partial charge on any atom is -0.462 e. The van der Waals surface area contributed by atoms with E-state index in [2.05, 4.69) is 46.1 Å². The summed E-state index contributed by atoms with van der Waals surface area (Å²) >= 11 is 1.50. The third-order valence-electron chi connectivity index (χ3n) is 10.8. The van der Waals surface area contributed by atoms with E-state index in [1.54, 1.807) is 0 Å². The molecule has 0 saturated heterocycles. The first kappa shape index (κ1) is 26.1. The van der Waals surface area contributed by atoms with Gasteiger partial charge in [0, 0.05) is 18.6 Å². The maximum Gasteiger partial charge on any atom is 0.302 e. The van der Waals surface area contributed by atoms with Gasteiger partial charge in [0.25, 0.3) is 0 Å². The smallest absolute Gasteiger partial charge is 0.302 e. The molecular weight excluding hydrogens is 438 g/mol. The Bertz CT molecular complexity index is 830. The molecule has 0 amide bonds. The summed E-state index contributed by atoms with van der Waals surface area (Å²) in [6.45, 7) is 13.9. The first-order valence-electron chi connectivity index (χ1n) is 14.0. The van der Waals surface area contributed by atoms with Crippen molar-refractivity contribution in [3.8, 4) is 5.40 Å². The van der Waals surface area contributed by atoms with Gasteiger partial charge in [-0.25, -0.2) is 0 Å². The van der Waals surface area contributed by atoms with Gasteiger partial charge >= 0.3 is 5.97 Å². The summed E-state index contributed by atoms with van der Waals surface area (Å²) < 4.78 is 5.64. The van der Waals surface area contributed by atoms with Crippen molar-refractivity contribution in [2.45, 2.75) is 117 Å². The Morgan fingerprint density at radius 1 is 1.15 bits per heavy atom. The molecule has 190 valence electrons. The number of rotatable bonds is 7. The lowest BCUT2D eigenvalue weighted by atomic mass is 9.46. The fourth-order valence-electron chi connectivity index (χ4n) is 9.12. The number of carbonyl (C=O) groups excluding carboxylic acids is 1. The number of fused-ring (bicyclic) bond motifs is 5. The molecule has 0 spiro atoms. The van der Waals surface area contributed by atoms with Crippen molar-refractivity contribution in [2.75, 3.05) is 0 Å². The van der Waals surface area contributed by atoms with Crippen molar-refractivity contribution in [3.63, 3.8) is 0 Å². The van der Waals surface area contributed by atoms with E-state index < -0.39 is 0 Å². The average Bonchev–Trinajstić information content (AvgIpc) is 3.11. The molecule has 0 aromatic rings. The maximum absolute atomic E-state index is 11.6. The summed E-state index contributed by atoms with van der Waals surface area (Å²) in [7, 11) is 0. The number of nitriles is 1. The van der Waals surface area contributed by atoms with Crippen molar-refractivity contribution in [2.24, 2.45) is 46.3 Å². The lowest BCUT2D eigenvalue weighted by Gasteiger charge is -2.60. The molecule has 9 atom stereocenters. The van der Waals surface area contributed by atoms with Crippen molar-refractivity contribution in [1.29, 1.82) is 5.26 Å². The molecule has 0 radical (unpaired) electrons. The van der Waals surface area contributed by atoms with Gasteiger partial charge in [-0.15, -0.1) is 0 Å². The van der Waals surface area contributed by atoms with Crippen LogP contribution in [0.4, 0.5) is 0 Å². The van der Waals surface area contributed by atoms with Crippen LogP contribution in [0.1, 0.15) is 106 Å². The molecule has 0 aromatic carbocycles. The Kier molecular flexibility index (Phi) is 7.83. The molecule has 3 fully saturated rings. The molecule has 0 aromatic heterocycles. The second-order valence-electron chi connectivity index (χ2n) is 13.1. The van der Waals surface area contributed by atoms with E-state index in [1.807, 2.05) is 0 Å². The highest BCUT2D eigenvalue weighted by atomic mass is 32.2. The summed E-state index contributed by atoms with van der Waals surface area (Å²) in [5.41, 5.74) is 2.10. The summed E-state index contributed by atoms with van der Waals surface area (Å²) in [4.78, 5) is 11.6. The van der Waals surface area contributed by atoms with E-state index in [0.29, 0.717) is 17.3 Å². The molecule has 4 rings (SSSR count). The fourth-order valence-corrected chi connectivity index (χ4v) is 10.0. The van der Waals surface area contributed by atoms with E-state index in [4.69, 9.17) is 4.74 Å². The predicted molar refractivity (Wildman–Crippen MR) is 141 cm³/mol. The van der Waals surface area contributed by atoms with Crippen LogP contribution in [0.15, 0.2) is 11.6 Å². The van der Waals surface area contributed by atoms with Gasteiger partial charge in [-0.3, -0.25) is 4.79 Å². The van der Waals surface area contributed by atoms with Crippen LogP contribution in [0.2, 0.25) is 0 Å². The first-order valence-corrected chi connectivity index (χ1v) is 14.9. The zero-order valence-corrected chi connectivity index (χ0v) is 23.3. The van der Waals surface area contributed by atoms with Crippen LogP contribution in [0.25, 0.3) is 0 Å². The van der Waals surface area contributed by atoms with Gasteiger partial charge in [-0.1, -0.05) is 65.5 Å². The average molecular weight is 486 g/mol. The maximum atomic E-state index is 11.6. The minimum absolute atomic E-state index is 0.0116. The molecule has 4 heteroatoms. The molecule has 9 unspecified atom stereocenters. The summed E-state index contributed by atoms with van der Waals surface area (Å²) in [6, 6.07) is 0. The Hall–Kier alpha value is -0.950. The monoisotopic (exact) mass is 485 g/mol. The Morgan fingerprint density at radius 2 is 1.91 bits per heavy atom. The van der Waals surface area contributed by atoms with Crippen LogP contribution >= 0.6 is 11.8 Å². The zero-order chi connectivity index (χ0) is 24.7. The summed E-state index contributed by atoms with van der Waals surface area (Å²) in [5, 5.41) is 12.5.